The van der Waals surface area contributed by atoms with E-state index < -0.39 is 0 Å². The normalized spacial score (nSPS) is 8.80. The molecule has 0 spiro atoms. The van der Waals surface area contributed by atoms with Crippen LogP contribution in [0.3, 0.4) is 0 Å². The van der Waals surface area contributed by atoms with Gasteiger partial charge in [0.1, 0.15) is 6.07 Å². The Morgan fingerprint density at radius 1 is 1.60 bits per heavy atom. The van der Waals surface area contributed by atoms with Crippen LogP contribution in [-0.4, -0.2) is 4.98 Å². The third-order valence-corrected chi connectivity index (χ3v) is 1.36. The number of rotatable bonds is 0. The highest BCUT2D eigenvalue weighted by molar-refractivity contribution is 6.33. The van der Waals surface area contributed by atoms with Gasteiger partial charge < -0.3 is 5.73 Å². The second kappa shape index (κ2) is 2.54. The van der Waals surface area contributed by atoms with Crippen molar-refractivity contribution < 1.29 is 0 Å². The first-order chi connectivity index (χ1) is 4.75. The van der Waals surface area contributed by atoms with E-state index in [1.165, 1.54) is 12.4 Å². The molecule has 1 aromatic heterocycles. The number of aromatic nitrogens is 1. The van der Waals surface area contributed by atoms with Crippen LogP contribution in [0, 0.1) is 11.3 Å². The maximum atomic E-state index is 8.41. The smallest absolute Gasteiger partial charge is 0.103 e. The first kappa shape index (κ1) is 6.84. The Bertz CT molecular complexity index is 290. The summed E-state index contributed by atoms with van der Waals surface area (Å²) in [5.74, 6) is 0. The van der Waals surface area contributed by atoms with Gasteiger partial charge in [0.2, 0.25) is 0 Å². The van der Waals surface area contributed by atoms with Crippen molar-refractivity contribution in [1.29, 1.82) is 5.26 Å². The van der Waals surface area contributed by atoms with Gasteiger partial charge in [0, 0.05) is 12.4 Å². The molecule has 0 atom stereocenters. The molecule has 0 saturated heterocycles. The number of hydrogen-bond donors (Lipinski definition) is 1. The van der Waals surface area contributed by atoms with Gasteiger partial charge in [-0.1, -0.05) is 11.6 Å². The topological polar surface area (TPSA) is 62.7 Å². The summed E-state index contributed by atoms with van der Waals surface area (Å²) in [5.41, 5.74) is 6.00. The standard InChI is InChI=1S/C6H4ClN3/c7-5-3-10-2-4(1-8)6(5)9/h2-3H,(H2,9,10). The van der Waals surface area contributed by atoms with Gasteiger partial charge in [-0.2, -0.15) is 5.26 Å². The van der Waals surface area contributed by atoms with E-state index in [-0.39, 0.29) is 0 Å². The van der Waals surface area contributed by atoms with Crippen LogP contribution in [0.2, 0.25) is 5.02 Å². The fourth-order valence-electron chi connectivity index (χ4n) is 0.534. The van der Waals surface area contributed by atoms with Crippen molar-refractivity contribution >= 4 is 17.3 Å². The third-order valence-electron chi connectivity index (χ3n) is 1.06. The number of nitrogen functional groups attached to an aromatic ring is 1. The van der Waals surface area contributed by atoms with Gasteiger partial charge in [-0.15, -0.1) is 0 Å². The largest absolute Gasteiger partial charge is 0.396 e. The first-order valence-electron chi connectivity index (χ1n) is 2.55. The van der Waals surface area contributed by atoms with Gasteiger partial charge in [-0.25, -0.2) is 0 Å². The molecule has 3 nitrogen and oxygen atoms in total. The Morgan fingerprint density at radius 3 is 2.80 bits per heavy atom. The van der Waals surface area contributed by atoms with Gasteiger partial charge in [0.15, 0.2) is 0 Å². The summed E-state index contributed by atoms with van der Waals surface area (Å²) >= 11 is 5.55. The maximum absolute atomic E-state index is 8.41. The molecule has 0 aliphatic heterocycles. The molecule has 4 heteroatoms. The Labute approximate surface area is 63.1 Å². The van der Waals surface area contributed by atoms with Crippen LogP contribution < -0.4 is 5.73 Å². The number of anilines is 1. The second-order valence-electron chi connectivity index (χ2n) is 1.69. The molecule has 0 bridgehead atoms. The predicted molar refractivity (Wildman–Crippen MR) is 38.4 cm³/mol. The van der Waals surface area contributed by atoms with Gasteiger partial charge in [-0.3, -0.25) is 4.98 Å². The number of halogens is 1. The molecule has 10 heavy (non-hydrogen) atoms. The van der Waals surface area contributed by atoms with Crippen molar-refractivity contribution in [2.75, 3.05) is 5.73 Å². The number of pyridine rings is 1. The van der Waals surface area contributed by atoms with E-state index in [1.807, 2.05) is 6.07 Å². The van der Waals surface area contributed by atoms with E-state index in [0.717, 1.165) is 0 Å². The van der Waals surface area contributed by atoms with Crippen LogP contribution in [0.4, 0.5) is 5.69 Å². The SMILES string of the molecule is N#Cc1cncc(Cl)c1N. The first-order valence-corrected chi connectivity index (χ1v) is 2.92. The van der Waals surface area contributed by atoms with Crippen LogP contribution >= 0.6 is 11.6 Å². The Kier molecular flexibility index (Phi) is 1.74. The summed E-state index contributed by atoms with van der Waals surface area (Å²) < 4.78 is 0. The molecule has 1 heterocycles. The minimum atomic E-state index is 0.291. The lowest BCUT2D eigenvalue weighted by molar-refractivity contribution is 1.30. The molecule has 50 valence electrons. The summed E-state index contributed by atoms with van der Waals surface area (Å²) in [6, 6.07) is 1.86. The lowest BCUT2D eigenvalue weighted by Crippen LogP contribution is -1.91. The molecule has 0 fully saturated rings. The molecule has 0 aromatic carbocycles. The number of nitrogens with two attached hydrogens (primary N) is 1. The third kappa shape index (κ3) is 1.02. The average Bonchev–Trinajstić information content (AvgIpc) is 1.95. The zero-order valence-corrected chi connectivity index (χ0v) is 5.76. The summed E-state index contributed by atoms with van der Waals surface area (Å²) in [7, 11) is 0. The van der Waals surface area contributed by atoms with Crippen LogP contribution in [0.5, 0.6) is 0 Å². The van der Waals surface area contributed by atoms with E-state index in [0.29, 0.717) is 16.3 Å². The van der Waals surface area contributed by atoms with Crippen molar-refractivity contribution in [2.45, 2.75) is 0 Å². The quantitative estimate of drug-likeness (QED) is 0.609. The van der Waals surface area contributed by atoms with Crippen molar-refractivity contribution in [3.8, 4) is 6.07 Å². The maximum Gasteiger partial charge on any atom is 0.103 e. The van der Waals surface area contributed by atoms with Crippen LogP contribution in [0.15, 0.2) is 12.4 Å². The Balaban J connectivity index is 3.31. The van der Waals surface area contributed by atoms with E-state index in [9.17, 15) is 0 Å². The highest BCUT2D eigenvalue weighted by Gasteiger charge is 2.00. The monoisotopic (exact) mass is 153 g/mol. The molecule has 0 amide bonds. The molecule has 0 aliphatic carbocycles. The molecule has 0 radical (unpaired) electrons. The highest BCUT2D eigenvalue weighted by Crippen LogP contribution is 2.19. The molecular weight excluding hydrogens is 150 g/mol. The van der Waals surface area contributed by atoms with E-state index in [4.69, 9.17) is 22.6 Å². The molecule has 0 saturated carbocycles. The summed E-state index contributed by atoms with van der Waals surface area (Å²) in [6.45, 7) is 0. The summed E-state index contributed by atoms with van der Waals surface area (Å²) in [6.07, 6.45) is 2.78. The minimum Gasteiger partial charge on any atom is -0.396 e. The Hall–Kier alpha value is -1.27. The minimum absolute atomic E-state index is 0.291. The van der Waals surface area contributed by atoms with Crippen molar-refractivity contribution in [3.63, 3.8) is 0 Å². The summed E-state index contributed by atoms with van der Waals surface area (Å²) in [5, 5.41) is 8.73. The fourth-order valence-corrected chi connectivity index (χ4v) is 0.692. The average molecular weight is 154 g/mol. The van der Waals surface area contributed by atoms with E-state index in [2.05, 4.69) is 4.98 Å². The molecule has 1 rings (SSSR count). The van der Waals surface area contributed by atoms with Gasteiger partial charge >= 0.3 is 0 Å². The number of nitriles is 1. The number of hydrogen-bond acceptors (Lipinski definition) is 3. The van der Waals surface area contributed by atoms with Crippen LogP contribution in [0.1, 0.15) is 5.56 Å². The van der Waals surface area contributed by atoms with Crippen LogP contribution in [0.25, 0.3) is 0 Å². The molecule has 0 unspecified atom stereocenters. The van der Waals surface area contributed by atoms with Crippen molar-refractivity contribution in [3.05, 3.63) is 23.0 Å². The van der Waals surface area contributed by atoms with Gasteiger partial charge in [-0.05, 0) is 0 Å². The van der Waals surface area contributed by atoms with E-state index >= 15 is 0 Å². The lowest BCUT2D eigenvalue weighted by atomic mass is 10.3. The predicted octanol–water partition coefficient (Wildman–Crippen LogP) is 1.19. The fraction of sp³-hybridized carbons (Fsp3) is 0. The summed E-state index contributed by atoms with van der Waals surface area (Å²) in [4.78, 5) is 3.68. The zero-order chi connectivity index (χ0) is 7.56. The second-order valence-corrected chi connectivity index (χ2v) is 2.10. The van der Waals surface area contributed by atoms with Gasteiger partial charge in [0.25, 0.3) is 0 Å². The molecule has 0 aliphatic rings. The molecule has 2 N–H and O–H groups in total. The van der Waals surface area contributed by atoms with Gasteiger partial charge in [0.05, 0.1) is 16.3 Å². The number of nitrogens with zero attached hydrogens (tertiary/aromatic N) is 2. The Morgan fingerprint density at radius 2 is 2.30 bits per heavy atom. The zero-order valence-electron chi connectivity index (χ0n) is 5.00. The molecular formula is C6H4ClN3. The van der Waals surface area contributed by atoms with E-state index in [1.54, 1.807) is 0 Å². The molecule has 1 aromatic rings. The lowest BCUT2D eigenvalue weighted by Gasteiger charge is -1.95. The van der Waals surface area contributed by atoms with Crippen molar-refractivity contribution in [1.82, 2.24) is 4.98 Å². The highest BCUT2D eigenvalue weighted by atomic mass is 35.5. The van der Waals surface area contributed by atoms with Crippen molar-refractivity contribution in [2.24, 2.45) is 0 Å². The van der Waals surface area contributed by atoms with Crippen LogP contribution in [-0.2, 0) is 0 Å².